The minimum absolute atomic E-state index is 0.135. The minimum atomic E-state index is -5.01. The highest BCUT2D eigenvalue weighted by molar-refractivity contribution is 7.89. The highest BCUT2D eigenvalue weighted by Gasteiger charge is 2.37. The van der Waals surface area contributed by atoms with Crippen molar-refractivity contribution >= 4 is 26.9 Å². The molecule has 4 rings (SSSR count). The highest BCUT2D eigenvalue weighted by atomic mass is 32.2. The number of benzene rings is 3. The molecule has 43 heavy (non-hydrogen) atoms. The van der Waals surface area contributed by atoms with Crippen LogP contribution < -0.4 is 9.46 Å². The molecule has 14 heteroatoms. The van der Waals surface area contributed by atoms with Crippen LogP contribution in [-0.4, -0.2) is 30.5 Å². The summed E-state index contributed by atoms with van der Waals surface area (Å²) < 4.78 is 114. The number of hydrogen-bond donors (Lipinski definition) is 2. The minimum Gasteiger partial charge on any atom is -0.488 e. The Kier molecular flexibility index (Phi) is 8.75. The van der Waals surface area contributed by atoms with Crippen molar-refractivity contribution in [1.29, 1.82) is 0 Å². The van der Waals surface area contributed by atoms with Gasteiger partial charge in [0.25, 0.3) is 0 Å². The van der Waals surface area contributed by atoms with E-state index in [-0.39, 0.29) is 16.9 Å². The number of carboxylic acids is 1. The zero-order valence-corrected chi connectivity index (χ0v) is 23.3. The van der Waals surface area contributed by atoms with Gasteiger partial charge in [0.15, 0.2) is 0 Å². The van der Waals surface area contributed by atoms with Gasteiger partial charge in [-0.05, 0) is 46.9 Å². The molecule has 0 aliphatic rings. The van der Waals surface area contributed by atoms with E-state index in [9.17, 15) is 44.7 Å². The number of halogens is 6. The Morgan fingerprint density at radius 1 is 0.907 bits per heavy atom. The molecule has 0 fully saturated rings. The first kappa shape index (κ1) is 31.8. The van der Waals surface area contributed by atoms with Gasteiger partial charge in [0.2, 0.25) is 10.0 Å². The summed E-state index contributed by atoms with van der Waals surface area (Å²) in [6, 6.07) is 14.3. The summed E-state index contributed by atoms with van der Waals surface area (Å²) in [5.74, 6) is -2.21. The molecular weight excluding hydrogens is 602 g/mol. The summed E-state index contributed by atoms with van der Waals surface area (Å²) in [4.78, 5) is 14.5. The van der Waals surface area contributed by atoms with Crippen LogP contribution >= 0.6 is 0 Å². The molecule has 0 amide bonds. The molecule has 1 heterocycles. The van der Waals surface area contributed by atoms with E-state index in [4.69, 9.17) is 4.74 Å². The van der Waals surface area contributed by atoms with Crippen LogP contribution in [0.1, 0.15) is 30.7 Å². The molecule has 0 bridgehead atoms. The highest BCUT2D eigenvalue weighted by Crippen LogP contribution is 2.40. The average molecular weight is 627 g/mol. The fourth-order valence-electron chi connectivity index (χ4n) is 4.20. The summed E-state index contributed by atoms with van der Waals surface area (Å²) in [6.45, 7) is 2.88. The molecule has 4 aromatic rings. The lowest BCUT2D eigenvalue weighted by molar-refractivity contribution is -0.142. The summed E-state index contributed by atoms with van der Waals surface area (Å²) >= 11 is 0. The van der Waals surface area contributed by atoms with Gasteiger partial charge in [-0.3, -0.25) is 4.79 Å². The number of para-hydroxylation sites is 1. The second kappa shape index (κ2) is 11.8. The lowest BCUT2D eigenvalue weighted by Crippen LogP contribution is -2.44. The van der Waals surface area contributed by atoms with E-state index in [2.05, 4.69) is 9.71 Å². The molecule has 7 nitrogen and oxygen atoms in total. The van der Waals surface area contributed by atoms with E-state index in [1.165, 1.54) is 30.3 Å². The smallest absolute Gasteiger partial charge is 0.433 e. The first-order valence-electron chi connectivity index (χ1n) is 12.6. The molecular formula is C29H24F6N2O5S. The molecule has 0 spiro atoms. The molecule has 1 aromatic heterocycles. The zero-order chi connectivity index (χ0) is 31.7. The van der Waals surface area contributed by atoms with Crippen molar-refractivity contribution < 1.29 is 49.4 Å². The number of carboxylic acid groups (broad SMARTS) is 1. The fourth-order valence-corrected chi connectivity index (χ4v) is 5.54. The van der Waals surface area contributed by atoms with Gasteiger partial charge in [-0.25, -0.2) is 13.4 Å². The van der Waals surface area contributed by atoms with Crippen LogP contribution in [0.4, 0.5) is 26.3 Å². The quantitative estimate of drug-likeness (QED) is 0.196. The molecule has 0 radical (unpaired) electrons. The maximum atomic E-state index is 13.5. The van der Waals surface area contributed by atoms with Crippen molar-refractivity contribution in [2.24, 2.45) is 5.92 Å². The van der Waals surface area contributed by atoms with Crippen molar-refractivity contribution in [1.82, 2.24) is 9.71 Å². The van der Waals surface area contributed by atoms with Crippen molar-refractivity contribution in [3.05, 3.63) is 89.6 Å². The van der Waals surface area contributed by atoms with Crippen molar-refractivity contribution in [2.45, 2.75) is 43.7 Å². The Morgan fingerprint density at radius 2 is 1.49 bits per heavy atom. The number of sulfonamides is 1. The van der Waals surface area contributed by atoms with Crippen LogP contribution in [0.25, 0.3) is 22.0 Å². The summed E-state index contributed by atoms with van der Waals surface area (Å²) in [5, 5.41) is 9.05. The number of hydrogen-bond acceptors (Lipinski definition) is 5. The number of nitrogens with one attached hydrogen (secondary N) is 1. The number of rotatable bonds is 9. The van der Waals surface area contributed by atoms with Crippen LogP contribution in [0, 0.1) is 5.92 Å². The second-order valence-electron chi connectivity index (χ2n) is 9.89. The van der Waals surface area contributed by atoms with Crippen LogP contribution in [0.5, 0.6) is 5.75 Å². The predicted octanol–water partition coefficient (Wildman–Crippen LogP) is 6.91. The van der Waals surface area contributed by atoms with Gasteiger partial charge in [0.05, 0.1) is 16.0 Å². The van der Waals surface area contributed by atoms with Crippen LogP contribution in [-0.2, 0) is 33.8 Å². The number of alkyl halides is 6. The normalized spacial score (nSPS) is 13.3. The number of nitrogens with zero attached hydrogens (tertiary/aromatic N) is 1. The van der Waals surface area contributed by atoms with Crippen molar-refractivity contribution in [3.8, 4) is 16.9 Å². The third-order valence-corrected chi connectivity index (χ3v) is 7.92. The third-order valence-electron chi connectivity index (χ3n) is 6.46. The van der Waals surface area contributed by atoms with Gasteiger partial charge in [-0.15, -0.1) is 0 Å². The lowest BCUT2D eigenvalue weighted by atomic mass is 10.0. The molecule has 1 atom stereocenters. The molecule has 0 saturated carbocycles. The summed E-state index contributed by atoms with van der Waals surface area (Å²) in [7, 11) is -4.11. The van der Waals surface area contributed by atoms with E-state index < -0.39 is 62.8 Å². The largest absolute Gasteiger partial charge is 0.488 e. The van der Waals surface area contributed by atoms with E-state index in [0.717, 1.165) is 6.07 Å². The molecule has 2 N–H and O–H groups in total. The maximum Gasteiger partial charge on any atom is 0.433 e. The Bertz CT molecular complexity index is 1740. The Hall–Kier alpha value is -4.17. The monoisotopic (exact) mass is 626 g/mol. The van der Waals surface area contributed by atoms with Crippen LogP contribution in [0.3, 0.4) is 0 Å². The fraction of sp³-hybridized carbons (Fsp3) is 0.241. The van der Waals surface area contributed by atoms with E-state index in [1.807, 2.05) is 0 Å². The van der Waals surface area contributed by atoms with E-state index >= 15 is 0 Å². The van der Waals surface area contributed by atoms with Crippen molar-refractivity contribution in [3.63, 3.8) is 0 Å². The number of aromatic nitrogens is 1. The lowest BCUT2D eigenvalue weighted by Gasteiger charge is -2.18. The summed E-state index contributed by atoms with van der Waals surface area (Å²) in [6.07, 6.45) is -9.94. The Balaban J connectivity index is 1.54. The molecule has 0 unspecified atom stereocenters. The van der Waals surface area contributed by atoms with Gasteiger partial charge in [0, 0.05) is 11.5 Å². The number of fused-ring (bicyclic) bond motifs is 1. The predicted molar refractivity (Wildman–Crippen MR) is 145 cm³/mol. The SMILES string of the molecule is CC(C)[C@@H](NS(=O)(=O)c1ccc(-c2ccc(COc3cc(C(F)(F)F)nc4c(C(F)(F)F)cccc34)cc2)cc1)C(=O)O. The Morgan fingerprint density at radius 3 is 2.00 bits per heavy atom. The number of carbonyl (C=O) groups is 1. The van der Waals surface area contributed by atoms with Gasteiger partial charge >= 0.3 is 18.3 Å². The van der Waals surface area contributed by atoms with Gasteiger partial charge < -0.3 is 9.84 Å². The van der Waals surface area contributed by atoms with E-state index in [0.29, 0.717) is 28.8 Å². The maximum absolute atomic E-state index is 13.5. The molecule has 3 aromatic carbocycles. The van der Waals surface area contributed by atoms with Gasteiger partial charge in [-0.1, -0.05) is 56.3 Å². The van der Waals surface area contributed by atoms with Gasteiger partial charge in [0.1, 0.15) is 24.1 Å². The first-order chi connectivity index (χ1) is 20.0. The molecule has 0 saturated heterocycles. The number of pyridine rings is 1. The van der Waals surface area contributed by atoms with Crippen LogP contribution in [0.15, 0.2) is 77.7 Å². The third kappa shape index (κ3) is 7.25. The standard InChI is InChI=1S/C29H24F6N2O5S/c1-16(2)25(27(38)39)37-43(40,41)20-12-10-19(11-13-20)18-8-6-17(7-9-18)15-42-23-14-24(29(33,34)35)36-26-21(23)4-3-5-22(26)28(30,31)32/h3-14,16,25,37H,15H2,1-2H3,(H,38,39)/t25-/m1/s1. The zero-order valence-electron chi connectivity index (χ0n) is 22.5. The van der Waals surface area contributed by atoms with Gasteiger partial charge in [-0.2, -0.15) is 31.1 Å². The number of ether oxygens (including phenoxy) is 1. The molecule has 0 aliphatic heterocycles. The molecule has 228 valence electrons. The first-order valence-corrected chi connectivity index (χ1v) is 14.1. The van der Waals surface area contributed by atoms with Crippen molar-refractivity contribution in [2.75, 3.05) is 0 Å². The summed E-state index contributed by atoms with van der Waals surface area (Å²) in [5.41, 5.74) is -1.97. The number of aliphatic carboxylic acids is 1. The van der Waals surface area contributed by atoms with E-state index in [1.54, 1.807) is 38.1 Å². The Labute approximate surface area is 242 Å². The van der Waals surface area contributed by atoms with Crippen LogP contribution in [0.2, 0.25) is 0 Å². The average Bonchev–Trinajstić information content (AvgIpc) is 2.93. The topological polar surface area (TPSA) is 106 Å². The second-order valence-corrected chi connectivity index (χ2v) is 11.6. The molecule has 0 aliphatic carbocycles.